The largest absolute Gasteiger partial charge is 0.352 e. The normalized spacial score (nSPS) is 18.9. The average Bonchev–Trinajstić information content (AvgIpc) is 2.76. The summed E-state index contributed by atoms with van der Waals surface area (Å²) in [5, 5.41) is 7.05. The van der Waals surface area contributed by atoms with Crippen molar-refractivity contribution in [3.63, 3.8) is 0 Å². The Bertz CT molecular complexity index is 382. The number of amides is 1. The van der Waals surface area contributed by atoms with E-state index in [4.69, 9.17) is 5.73 Å². The first-order valence-electron chi connectivity index (χ1n) is 6.21. The minimum atomic E-state index is -0.606. The summed E-state index contributed by atoms with van der Waals surface area (Å²) in [6.07, 6.45) is 9.26. The van der Waals surface area contributed by atoms with Crippen molar-refractivity contribution in [1.82, 2.24) is 15.1 Å². The van der Waals surface area contributed by atoms with Gasteiger partial charge in [0.2, 0.25) is 5.91 Å². The van der Waals surface area contributed by atoms with Gasteiger partial charge in [0.1, 0.15) is 6.04 Å². The summed E-state index contributed by atoms with van der Waals surface area (Å²) in [6, 6.07) is -0.301. The number of carbonyl (C=O) groups is 1. The predicted octanol–water partition coefficient (Wildman–Crippen LogP) is 0.869. The topological polar surface area (TPSA) is 72.9 Å². The monoisotopic (exact) mass is 236 g/mol. The van der Waals surface area contributed by atoms with Crippen LogP contribution in [-0.4, -0.2) is 21.7 Å². The maximum absolute atomic E-state index is 11.9. The maximum atomic E-state index is 11.9. The van der Waals surface area contributed by atoms with Gasteiger partial charge in [-0.1, -0.05) is 19.3 Å². The summed E-state index contributed by atoms with van der Waals surface area (Å²) in [6.45, 7) is 0. The zero-order chi connectivity index (χ0) is 12.3. The summed E-state index contributed by atoms with van der Waals surface area (Å²) in [5.74, 6) is -0.0927. The molecule has 0 radical (unpaired) electrons. The Kier molecular flexibility index (Phi) is 3.78. The van der Waals surface area contributed by atoms with Crippen LogP contribution in [0.1, 0.15) is 43.7 Å². The third-order valence-corrected chi connectivity index (χ3v) is 3.32. The van der Waals surface area contributed by atoms with Gasteiger partial charge in [-0.15, -0.1) is 0 Å². The van der Waals surface area contributed by atoms with E-state index >= 15 is 0 Å². The molecule has 0 spiro atoms. The average molecular weight is 236 g/mol. The van der Waals surface area contributed by atoms with Gasteiger partial charge in [0.15, 0.2) is 0 Å². The first-order valence-corrected chi connectivity index (χ1v) is 6.21. The van der Waals surface area contributed by atoms with Crippen molar-refractivity contribution < 1.29 is 4.79 Å². The van der Waals surface area contributed by atoms with E-state index in [1.807, 2.05) is 7.05 Å². The van der Waals surface area contributed by atoms with E-state index in [9.17, 15) is 4.79 Å². The highest BCUT2D eigenvalue weighted by Gasteiger charge is 2.21. The van der Waals surface area contributed by atoms with E-state index in [1.54, 1.807) is 17.1 Å². The van der Waals surface area contributed by atoms with Crippen molar-refractivity contribution in [2.75, 3.05) is 0 Å². The lowest BCUT2D eigenvalue weighted by molar-refractivity contribution is -0.123. The maximum Gasteiger partial charge on any atom is 0.241 e. The van der Waals surface area contributed by atoms with Gasteiger partial charge >= 0.3 is 0 Å². The van der Waals surface area contributed by atoms with Gasteiger partial charge in [-0.3, -0.25) is 9.48 Å². The highest BCUT2D eigenvalue weighted by atomic mass is 16.2. The lowest BCUT2D eigenvalue weighted by Gasteiger charge is -2.24. The summed E-state index contributed by atoms with van der Waals surface area (Å²) in [4.78, 5) is 11.9. The summed E-state index contributed by atoms with van der Waals surface area (Å²) in [5.41, 5.74) is 6.67. The van der Waals surface area contributed by atoms with Crippen molar-refractivity contribution >= 4 is 5.91 Å². The van der Waals surface area contributed by atoms with Gasteiger partial charge in [-0.25, -0.2) is 0 Å². The zero-order valence-electron chi connectivity index (χ0n) is 10.2. The van der Waals surface area contributed by atoms with Crippen LogP contribution >= 0.6 is 0 Å². The molecule has 1 saturated carbocycles. The van der Waals surface area contributed by atoms with Crippen LogP contribution < -0.4 is 11.1 Å². The second kappa shape index (κ2) is 5.31. The van der Waals surface area contributed by atoms with Crippen molar-refractivity contribution in [3.8, 4) is 0 Å². The molecule has 0 aliphatic heterocycles. The molecule has 1 heterocycles. The Morgan fingerprint density at radius 2 is 2.24 bits per heavy atom. The lowest BCUT2D eigenvalue weighted by Crippen LogP contribution is -2.41. The van der Waals surface area contributed by atoms with Crippen LogP contribution in [0.15, 0.2) is 12.4 Å². The molecule has 1 aliphatic rings. The number of carbonyl (C=O) groups excluding carboxylic acids is 1. The van der Waals surface area contributed by atoms with Crippen LogP contribution in [0.4, 0.5) is 0 Å². The Morgan fingerprint density at radius 3 is 2.82 bits per heavy atom. The number of nitrogens with zero attached hydrogens (tertiary/aromatic N) is 2. The molecule has 1 aromatic rings. The molecular weight excluding hydrogens is 216 g/mol. The SMILES string of the molecule is Cn1cc(C(N)C(=O)NC2CCCCC2)cn1. The second-order valence-corrected chi connectivity index (χ2v) is 4.77. The quantitative estimate of drug-likeness (QED) is 0.818. The number of rotatable bonds is 3. The standard InChI is InChI=1S/C12H20N4O/c1-16-8-9(7-14-16)11(13)12(17)15-10-5-3-2-4-6-10/h7-8,10-11H,2-6,13H2,1H3,(H,15,17). The molecular formula is C12H20N4O. The van der Waals surface area contributed by atoms with Gasteiger partial charge in [-0.05, 0) is 12.8 Å². The summed E-state index contributed by atoms with van der Waals surface area (Å²) < 4.78 is 1.66. The fraction of sp³-hybridized carbons (Fsp3) is 0.667. The second-order valence-electron chi connectivity index (χ2n) is 4.77. The number of nitrogens with one attached hydrogen (secondary N) is 1. The zero-order valence-corrected chi connectivity index (χ0v) is 10.2. The van der Waals surface area contributed by atoms with Crippen LogP contribution in [0, 0.1) is 0 Å². The number of hydrogen-bond donors (Lipinski definition) is 2. The molecule has 1 aromatic heterocycles. The van der Waals surface area contributed by atoms with E-state index in [-0.39, 0.29) is 5.91 Å². The molecule has 94 valence electrons. The van der Waals surface area contributed by atoms with Crippen molar-refractivity contribution in [2.45, 2.75) is 44.2 Å². The molecule has 3 N–H and O–H groups in total. The Balaban J connectivity index is 1.90. The molecule has 1 aliphatic carbocycles. The molecule has 1 fully saturated rings. The molecule has 5 heteroatoms. The number of aryl methyl sites for hydroxylation is 1. The molecule has 1 amide bonds. The highest BCUT2D eigenvalue weighted by Crippen LogP contribution is 2.18. The van der Waals surface area contributed by atoms with E-state index in [1.165, 1.54) is 19.3 Å². The van der Waals surface area contributed by atoms with Gasteiger partial charge in [0.25, 0.3) is 0 Å². The highest BCUT2D eigenvalue weighted by molar-refractivity contribution is 5.83. The molecule has 0 saturated heterocycles. The van der Waals surface area contributed by atoms with Gasteiger partial charge < -0.3 is 11.1 Å². The van der Waals surface area contributed by atoms with Crippen molar-refractivity contribution in [2.24, 2.45) is 12.8 Å². The Labute approximate surface area is 101 Å². The lowest BCUT2D eigenvalue weighted by atomic mass is 9.95. The molecule has 1 unspecified atom stereocenters. The number of hydrogen-bond acceptors (Lipinski definition) is 3. The molecule has 5 nitrogen and oxygen atoms in total. The van der Waals surface area contributed by atoms with E-state index < -0.39 is 6.04 Å². The minimum absolute atomic E-state index is 0.0927. The molecule has 0 aromatic carbocycles. The fourth-order valence-corrected chi connectivity index (χ4v) is 2.29. The minimum Gasteiger partial charge on any atom is -0.352 e. The first-order chi connectivity index (χ1) is 8.16. The van der Waals surface area contributed by atoms with E-state index in [0.29, 0.717) is 6.04 Å². The van der Waals surface area contributed by atoms with Crippen LogP contribution in [-0.2, 0) is 11.8 Å². The molecule has 17 heavy (non-hydrogen) atoms. The molecule has 2 rings (SSSR count). The van der Waals surface area contributed by atoms with Crippen LogP contribution in [0.2, 0.25) is 0 Å². The smallest absolute Gasteiger partial charge is 0.241 e. The van der Waals surface area contributed by atoms with Crippen LogP contribution in [0.5, 0.6) is 0 Å². The predicted molar refractivity (Wildman–Crippen MR) is 65.2 cm³/mol. The van der Waals surface area contributed by atoms with E-state index in [0.717, 1.165) is 18.4 Å². The van der Waals surface area contributed by atoms with Gasteiger partial charge in [0.05, 0.1) is 6.20 Å². The fourth-order valence-electron chi connectivity index (χ4n) is 2.29. The van der Waals surface area contributed by atoms with Gasteiger partial charge in [-0.2, -0.15) is 5.10 Å². The van der Waals surface area contributed by atoms with Crippen LogP contribution in [0.3, 0.4) is 0 Å². The van der Waals surface area contributed by atoms with Crippen molar-refractivity contribution in [3.05, 3.63) is 18.0 Å². The Morgan fingerprint density at radius 1 is 1.53 bits per heavy atom. The third kappa shape index (κ3) is 3.06. The van der Waals surface area contributed by atoms with Crippen LogP contribution in [0.25, 0.3) is 0 Å². The van der Waals surface area contributed by atoms with Gasteiger partial charge in [0, 0.05) is 24.8 Å². The number of aromatic nitrogens is 2. The first kappa shape index (κ1) is 12.1. The Hall–Kier alpha value is -1.36. The van der Waals surface area contributed by atoms with Crippen molar-refractivity contribution in [1.29, 1.82) is 0 Å². The number of nitrogens with two attached hydrogens (primary N) is 1. The van der Waals surface area contributed by atoms with E-state index in [2.05, 4.69) is 10.4 Å². The summed E-state index contributed by atoms with van der Waals surface area (Å²) >= 11 is 0. The molecule has 0 bridgehead atoms. The summed E-state index contributed by atoms with van der Waals surface area (Å²) in [7, 11) is 1.81. The molecule has 1 atom stereocenters. The third-order valence-electron chi connectivity index (χ3n) is 3.32.